The third kappa shape index (κ3) is 4.35. The molecule has 0 spiro atoms. The topological polar surface area (TPSA) is 53.5 Å². The first-order chi connectivity index (χ1) is 14.6. The molecule has 4 rings (SSSR count). The second kappa shape index (κ2) is 9.08. The van der Waals surface area contributed by atoms with Crippen LogP contribution in [0.5, 0.6) is 0 Å². The number of rotatable bonds is 5. The van der Waals surface area contributed by atoms with Crippen LogP contribution in [0, 0.1) is 5.92 Å². The predicted molar refractivity (Wildman–Crippen MR) is 118 cm³/mol. The molecule has 2 amide bonds. The Bertz CT molecular complexity index is 1020. The Kier molecular flexibility index (Phi) is 6.07. The lowest BCUT2D eigenvalue weighted by atomic mass is 9.94. The van der Waals surface area contributed by atoms with Gasteiger partial charge in [0.15, 0.2) is 0 Å². The Labute approximate surface area is 177 Å². The minimum atomic E-state index is -0.0182. The first-order valence-corrected chi connectivity index (χ1v) is 10.6. The molecule has 1 aliphatic rings. The summed E-state index contributed by atoms with van der Waals surface area (Å²) in [6.07, 6.45) is 3.95. The zero-order valence-electron chi connectivity index (χ0n) is 17.3. The van der Waals surface area contributed by atoms with Gasteiger partial charge in [-0.3, -0.25) is 14.6 Å². The van der Waals surface area contributed by atoms with Crippen LogP contribution in [-0.4, -0.2) is 53.3 Å². The number of likely N-dealkylation sites (tertiary alicyclic amines) is 1. The number of piperidine rings is 1. The monoisotopic (exact) mass is 401 g/mol. The number of pyridine rings is 1. The Morgan fingerprint density at radius 1 is 1.00 bits per heavy atom. The van der Waals surface area contributed by atoms with Crippen molar-refractivity contribution < 1.29 is 9.59 Å². The SMILES string of the molecule is CN(CCc1ccccn1)C(=O)C1CCN(C(=O)c2cccc3ccccc23)CC1. The smallest absolute Gasteiger partial charge is 0.254 e. The van der Waals surface area contributed by atoms with Crippen molar-refractivity contribution in [1.29, 1.82) is 0 Å². The molecule has 1 aliphatic heterocycles. The van der Waals surface area contributed by atoms with Crippen molar-refractivity contribution in [2.45, 2.75) is 19.3 Å². The summed E-state index contributed by atoms with van der Waals surface area (Å²) < 4.78 is 0. The zero-order chi connectivity index (χ0) is 20.9. The Morgan fingerprint density at radius 2 is 1.73 bits per heavy atom. The van der Waals surface area contributed by atoms with Gasteiger partial charge in [0.05, 0.1) is 0 Å². The van der Waals surface area contributed by atoms with E-state index < -0.39 is 0 Å². The molecule has 2 heterocycles. The standard InChI is InChI=1S/C25H27N3O2/c1-27(16-14-21-9-4-5-15-26-21)24(29)20-12-17-28(18-13-20)25(30)23-11-6-8-19-7-2-3-10-22(19)23/h2-11,15,20H,12-14,16-18H2,1H3. The lowest BCUT2D eigenvalue weighted by molar-refractivity contribution is -0.135. The van der Waals surface area contributed by atoms with Gasteiger partial charge in [0.2, 0.25) is 5.91 Å². The first-order valence-electron chi connectivity index (χ1n) is 10.6. The highest BCUT2D eigenvalue weighted by Gasteiger charge is 2.29. The van der Waals surface area contributed by atoms with E-state index in [1.54, 1.807) is 6.20 Å². The molecule has 30 heavy (non-hydrogen) atoms. The van der Waals surface area contributed by atoms with E-state index in [1.165, 1.54) is 0 Å². The average Bonchev–Trinajstić information content (AvgIpc) is 2.82. The minimum absolute atomic E-state index is 0.0182. The van der Waals surface area contributed by atoms with Crippen molar-refractivity contribution in [1.82, 2.24) is 14.8 Å². The number of likely N-dealkylation sites (N-methyl/N-ethyl adjacent to an activating group) is 1. The van der Waals surface area contributed by atoms with E-state index in [2.05, 4.69) is 4.98 Å². The third-order valence-corrected chi connectivity index (χ3v) is 5.96. The van der Waals surface area contributed by atoms with Crippen molar-refractivity contribution in [3.05, 3.63) is 78.1 Å². The van der Waals surface area contributed by atoms with E-state index in [4.69, 9.17) is 0 Å². The van der Waals surface area contributed by atoms with Crippen molar-refractivity contribution in [2.24, 2.45) is 5.92 Å². The summed E-state index contributed by atoms with van der Waals surface area (Å²) in [6.45, 7) is 1.89. The van der Waals surface area contributed by atoms with Crippen LogP contribution >= 0.6 is 0 Å². The number of carbonyl (C=O) groups excluding carboxylic acids is 2. The van der Waals surface area contributed by atoms with E-state index in [-0.39, 0.29) is 17.7 Å². The number of amides is 2. The third-order valence-electron chi connectivity index (χ3n) is 5.96. The molecule has 154 valence electrons. The van der Waals surface area contributed by atoms with Gasteiger partial charge in [-0.1, -0.05) is 42.5 Å². The number of hydrogen-bond acceptors (Lipinski definition) is 3. The molecule has 0 bridgehead atoms. The number of carbonyl (C=O) groups is 2. The fourth-order valence-electron chi connectivity index (χ4n) is 4.16. The quantitative estimate of drug-likeness (QED) is 0.654. The average molecular weight is 402 g/mol. The summed E-state index contributed by atoms with van der Waals surface area (Å²) in [4.78, 5) is 34.0. The van der Waals surface area contributed by atoms with E-state index in [0.29, 0.717) is 32.5 Å². The predicted octanol–water partition coefficient (Wildman–Crippen LogP) is 3.79. The number of benzene rings is 2. The molecule has 0 unspecified atom stereocenters. The van der Waals surface area contributed by atoms with Crippen LogP contribution < -0.4 is 0 Å². The van der Waals surface area contributed by atoms with Crippen molar-refractivity contribution in [2.75, 3.05) is 26.7 Å². The molecule has 3 aromatic rings. The highest BCUT2D eigenvalue weighted by Crippen LogP contribution is 2.24. The number of hydrogen-bond donors (Lipinski definition) is 0. The van der Waals surface area contributed by atoms with Gasteiger partial charge < -0.3 is 9.80 Å². The lowest BCUT2D eigenvalue weighted by Crippen LogP contribution is -2.44. The number of fused-ring (bicyclic) bond motifs is 1. The highest BCUT2D eigenvalue weighted by molar-refractivity contribution is 6.07. The van der Waals surface area contributed by atoms with E-state index >= 15 is 0 Å². The molecule has 2 aromatic carbocycles. The van der Waals surface area contributed by atoms with Crippen LogP contribution in [0.1, 0.15) is 28.9 Å². The molecule has 1 aromatic heterocycles. The van der Waals surface area contributed by atoms with Gasteiger partial charge >= 0.3 is 0 Å². The van der Waals surface area contributed by atoms with Gasteiger partial charge in [0, 0.05) is 56.5 Å². The number of nitrogens with zero attached hydrogens (tertiary/aromatic N) is 3. The molecular formula is C25H27N3O2. The normalized spacial score (nSPS) is 14.6. The van der Waals surface area contributed by atoms with Gasteiger partial charge in [0.25, 0.3) is 5.91 Å². The summed E-state index contributed by atoms with van der Waals surface area (Å²) in [7, 11) is 1.86. The van der Waals surface area contributed by atoms with Gasteiger partial charge in [-0.05, 0) is 41.8 Å². The van der Waals surface area contributed by atoms with Crippen LogP contribution in [0.3, 0.4) is 0 Å². The Hall–Kier alpha value is -3.21. The summed E-state index contributed by atoms with van der Waals surface area (Å²) >= 11 is 0. The second-order valence-corrected chi connectivity index (χ2v) is 7.92. The molecule has 0 saturated carbocycles. The molecular weight excluding hydrogens is 374 g/mol. The van der Waals surface area contributed by atoms with E-state index in [1.807, 2.05) is 77.5 Å². The molecule has 1 fully saturated rings. The Morgan fingerprint density at radius 3 is 2.50 bits per heavy atom. The lowest BCUT2D eigenvalue weighted by Gasteiger charge is -2.33. The van der Waals surface area contributed by atoms with Crippen LogP contribution in [0.4, 0.5) is 0 Å². The largest absolute Gasteiger partial charge is 0.345 e. The maximum Gasteiger partial charge on any atom is 0.254 e. The van der Waals surface area contributed by atoms with Crippen LogP contribution in [-0.2, 0) is 11.2 Å². The van der Waals surface area contributed by atoms with E-state index in [9.17, 15) is 9.59 Å². The fraction of sp³-hybridized carbons (Fsp3) is 0.320. The molecule has 5 heteroatoms. The molecule has 0 aliphatic carbocycles. The van der Waals surface area contributed by atoms with Crippen LogP contribution in [0.25, 0.3) is 10.8 Å². The summed E-state index contributed by atoms with van der Waals surface area (Å²) in [6, 6.07) is 19.7. The molecule has 0 radical (unpaired) electrons. The van der Waals surface area contributed by atoms with Gasteiger partial charge in [-0.2, -0.15) is 0 Å². The maximum absolute atomic E-state index is 13.1. The first kappa shape index (κ1) is 20.1. The fourth-order valence-corrected chi connectivity index (χ4v) is 4.16. The summed E-state index contributed by atoms with van der Waals surface area (Å²) in [5, 5.41) is 2.06. The molecule has 0 N–H and O–H groups in total. The Balaban J connectivity index is 1.34. The maximum atomic E-state index is 13.1. The van der Waals surface area contributed by atoms with Crippen LogP contribution in [0.2, 0.25) is 0 Å². The molecule has 1 saturated heterocycles. The zero-order valence-corrected chi connectivity index (χ0v) is 17.3. The second-order valence-electron chi connectivity index (χ2n) is 7.92. The van der Waals surface area contributed by atoms with Crippen LogP contribution in [0.15, 0.2) is 66.9 Å². The highest BCUT2D eigenvalue weighted by atomic mass is 16.2. The summed E-state index contributed by atoms with van der Waals surface area (Å²) in [5.41, 5.74) is 1.73. The number of aromatic nitrogens is 1. The van der Waals surface area contributed by atoms with Gasteiger partial charge in [-0.15, -0.1) is 0 Å². The molecule has 0 atom stereocenters. The van der Waals surface area contributed by atoms with Crippen molar-refractivity contribution in [3.63, 3.8) is 0 Å². The van der Waals surface area contributed by atoms with E-state index in [0.717, 1.165) is 28.5 Å². The van der Waals surface area contributed by atoms with Crippen molar-refractivity contribution in [3.8, 4) is 0 Å². The van der Waals surface area contributed by atoms with Crippen molar-refractivity contribution >= 4 is 22.6 Å². The minimum Gasteiger partial charge on any atom is -0.345 e. The molecule has 5 nitrogen and oxygen atoms in total. The summed E-state index contributed by atoms with van der Waals surface area (Å²) in [5.74, 6) is 0.208. The van der Waals surface area contributed by atoms with Gasteiger partial charge in [-0.25, -0.2) is 0 Å². The van der Waals surface area contributed by atoms with Gasteiger partial charge in [0.1, 0.15) is 0 Å².